The molecule has 0 spiro atoms. The highest BCUT2D eigenvalue weighted by molar-refractivity contribution is 5.49. The van der Waals surface area contributed by atoms with E-state index in [1.807, 2.05) is 0 Å². The number of hydrogen-bond donors (Lipinski definition) is 0. The van der Waals surface area contributed by atoms with Gasteiger partial charge in [-0.3, -0.25) is 0 Å². The van der Waals surface area contributed by atoms with Crippen LogP contribution in [0.1, 0.15) is 50.2 Å². The summed E-state index contributed by atoms with van der Waals surface area (Å²) in [6.07, 6.45) is 14.1. The first kappa shape index (κ1) is 15.8. The fraction of sp³-hybridized carbons (Fsp3) is 0.458. The molecule has 4 atom stereocenters. The van der Waals surface area contributed by atoms with Crippen molar-refractivity contribution < 1.29 is 0 Å². The number of rotatable bonds is 0. The van der Waals surface area contributed by atoms with Crippen molar-refractivity contribution in [3.05, 3.63) is 65.1 Å². The second kappa shape index (κ2) is 6.64. The predicted octanol–water partition coefficient (Wildman–Crippen LogP) is 5.88. The average Bonchev–Trinajstić information content (AvgIpc) is 2.60. The van der Waals surface area contributed by atoms with Crippen LogP contribution in [0.25, 0.3) is 0 Å². The molecule has 0 saturated heterocycles. The summed E-state index contributed by atoms with van der Waals surface area (Å²) in [6.45, 7) is 4.55. The van der Waals surface area contributed by atoms with Crippen molar-refractivity contribution in [2.24, 2.45) is 23.7 Å². The van der Waals surface area contributed by atoms with Crippen LogP contribution in [-0.2, 0) is 0 Å². The molecule has 0 nitrogen and oxygen atoms in total. The molecule has 0 heterocycles. The van der Waals surface area contributed by atoms with Crippen molar-refractivity contribution in [1.82, 2.24) is 0 Å². The third-order valence-corrected chi connectivity index (χ3v) is 6.19. The van der Waals surface area contributed by atoms with Crippen LogP contribution in [0.15, 0.2) is 47.6 Å². The first-order valence-corrected chi connectivity index (χ1v) is 9.54. The van der Waals surface area contributed by atoms with E-state index >= 15 is 0 Å². The van der Waals surface area contributed by atoms with E-state index in [4.69, 9.17) is 0 Å². The molecule has 0 aromatic heterocycles. The minimum Gasteiger partial charge on any atom is -0.0658 e. The molecular formula is C24H27. The zero-order valence-corrected chi connectivity index (χ0v) is 14.9. The molecule has 1 aromatic carbocycles. The Morgan fingerprint density at radius 1 is 0.917 bits per heavy atom. The largest absolute Gasteiger partial charge is 0.0658 e. The average molecular weight is 315 g/mol. The Kier molecular flexibility index (Phi) is 4.36. The smallest absolute Gasteiger partial charge is 0.0249 e. The zero-order chi connectivity index (χ0) is 16.5. The third-order valence-electron chi connectivity index (χ3n) is 6.19. The highest BCUT2D eigenvalue weighted by Gasteiger charge is 2.38. The number of benzene rings is 1. The normalized spacial score (nSPS) is 31.8. The number of aryl methyl sites for hydroxylation is 1. The van der Waals surface area contributed by atoms with E-state index in [1.165, 1.54) is 43.2 Å². The SMILES string of the molecule is Cc1ccc(C#CC2=CC=C3C([CH]2)CCC2CC(C)CCC32)cc1. The summed E-state index contributed by atoms with van der Waals surface area (Å²) < 4.78 is 0. The molecule has 0 bridgehead atoms. The molecule has 24 heavy (non-hydrogen) atoms. The molecule has 2 fully saturated rings. The first-order chi connectivity index (χ1) is 11.7. The van der Waals surface area contributed by atoms with Gasteiger partial charge >= 0.3 is 0 Å². The van der Waals surface area contributed by atoms with Gasteiger partial charge in [0.2, 0.25) is 0 Å². The van der Waals surface area contributed by atoms with Crippen LogP contribution in [0.4, 0.5) is 0 Å². The third kappa shape index (κ3) is 3.23. The highest BCUT2D eigenvalue weighted by atomic mass is 14.4. The molecule has 0 amide bonds. The van der Waals surface area contributed by atoms with Crippen molar-refractivity contribution in [3.8, 4) is 11.8 Å². The summed E-state index contributed by atoms with van der Waals surface area (Å²) >= 11 is 0. The summed E-state index contributed by atoms with van der Waals surface area (Å²) in [6, 6.07) is 8.49. The standard InChI is InChI=1S/C24H27/c1-17-3-6-19(7-4-17)8-9-20-10-14-24-22(16-20)12-11-21-15-18(2)5-13-23(21)24/h3-4,6-7,10,14,16,18,21-23H,5,11-13,15H2,1-2H3. The van der Waals surface area contributed by atoms with Crippen LogP contribution in [0.3, 0.4) is 0 Å². The van der Waals surface area contributed by atoms with Gasteiger partial charge in [0.15, 0.2) is 0 Å². The van der Waals surface area contributed by atoms with E-state index in [0.717, 1.165) is 23.3 Å². The van der Waals surface area contributed by atoms with E-state index < -0.39 is 0 Å². The van der Waals surface area contributed by atoms with Gasteiger partial charge in [-0.1, -0.05) is 60.6 Å². The molecule has 0 N–H and O–H groups in total. The molecule has 4 unspecified atom stereocenters. The van der Waals surface area contributed by atoms with Crippen LogP contribution in [0, 0.1) is 48.9 Å². The lowest BCUT2D eigenvalue weighted by Crippen LogP contribution is -2.33. The van der Waals surface area contributed by atoms with Crippen LogP contribution < -0.4 is 0 Å². The van der Waals surface area contributed by atoms with Crippen molar-refractivity contribution >= 4 is 0 Å². The summed E-state index contributed by atoms with van der Waals surface area (Å²) in [5.41, 5.74) is 5.30. The van der Waals surface area contributed by atoms with Crippen molar-refractivity contribution in [2.45, 2.75) is 46.0 Å². The minimum absolute atomic E-state index is 0.645. The maximum atomic E-state index is 3.38. The van der Waals surface area contributed by atoms with Gasteiger partial charge in [-0.05, 0) is 68.4 Å². The Morgan fingerprint density at radius 3 is 2.58 bits per heavy atom. The Bertz CT molecular complexity index is 720. The zero-order valence-electron chi connectivity index (χ0n) is 14.9. The van der Waals surface area contributed by atoms with Gasteiger partial charge in [0.25, 0.3) is 0 Å². The fourth-order valence-electron chi connectivity index (χ4n) is 4.84. The van der Waals surface area contributed by atoms with Crippen molar-refractivity contribution in [1.29, 1.82) is 0 Å². The fourth-order valence-corrected chi connectivity index (χ4v) is 4.84. The van der Waals surface area contributed by atoms with Gasteiger partial charge in [-0.15, -0.1) is 0 Å². The van der Waals surface area contributed by atoms with Crippen LogP contribution in [-0.4, -0.2) is 0 Å². The molecule has 0 heteroatoms. The van der Waals surface area contributed by atoms with E-state index in [-0.39, 0.29) is 0 Å². The van der Waals surface area contributed by atoms with Crippen LogP contribution >= 0.6 is 0 Å². The van der Waals surface area contributed by atoms with E-state index in [9.17, 15) is 0 Å². The Balaban J connectivity index is 1.52. The lowest BCUT2D eigenvalue weighted by atomic mass is 9.61. The van der Waals surface area contributed by atoms with Crippen LogP contribution in [0.5, 0.6) is 0 Å². The van der Waals surface area contributed by atoms with Crippen LogP contribution in [0.2, 0.25) is 0 Å². The second-order valence-corrected chi connectivity index (χ2v) is 8.04. The maximum absolute atomic E-state index is 3.38. The van der Waals surface area contributed by atoms with Gasteiger partial charge in [0, 0.05) is 17.6 Å². The number of hydrogen-bond acceptors (Lipinski definition) is 0. The molecule has 1 aromatic rings. The Hall–Kier alpha value is -1.74. The lowest BCUT2D eigenvalue weighted by molar-refractivity contribution is 0.163. The van der Waals surface area contributed by atoms with E-state index in [1.54, 1.807) is 5.57 Å². The van der Waals surface area contributed by atoms with Gasteiger partial charge < -0.3 is 0 Å². The molecule has 3 aliphatic carbocycles. The van der Waals surface area contributed by atoms with E-state index in [0.29, 0.717) is 5.92 Å². The molecule has 1 radical (unpaired) electrons. The molecular weight excluding hydrogens is 288 g/mol. The molecule has 3 aliphatic rings. The summed E-state index contributed by atoms with van der Waals surface area (Å²) in [5, 5.41) is 0. The maximum Gasteiger partial charge on any atom is 0.0249 e. The van der Waals surface area contributed by atoms with Gasteiger partial charge in [0.05, 0.1) is 0 Å². The van der Waals surface area contributed by atoms with Gasteiger partial charge in [-0.2, -0.15) is 0 Å². The Morgan fingerprint density at radius 2 is 1.75 bits per heavy atom. The predicted molar refractivity (Wildman–Crippen MR) is 101 cm³/mol. The monoisotopic (exact) mass is 315 g/mol. The molecule has 0 aliphatic heterocycles. The van der Waals surface area contributed by atoms with Crippen molar-refractivity contribution in [3.63, 3.8) is 0 Å². The summed E-state index contributed by atoms with van der Waals surface area (Å²) in [5.74, 6) is 10.1. The number of allylic oxidation sites excluding steroid dienone is 4. The van der Waals surface area contributed by atoms with E-state index in [2.05, 4.69) is 68.5 Å². The molecule has 4 rings (SSSR count). The lowest BCUT2D eigenvalue weighted by Gasteiger charge is -2.44. The Labute approximate surface area is 147 Å². The van der Waals surface area contributed by atoms with Gasteiger partial charge in [0.1, 0.15) is 0 Å². The quantitative estimate of drug-likeness (QED) is 0.524. The van der Waals surface area contributed by atoms with Gasteiger partial charge in [-0.25, -0.2) is 0 Å². The first-order valence-electron chi connectivity index (χ1n) is 9.54. The highest BCUT2D eigenvalue weighted by Crippen LogP contribution is 2.49. The topological polar surface area (TPSA) is 0 Å². The second-order valence-electron chi connectivity index (χ2n) is 8.04. The minimum atomic E-state index is 0.645. The molecule has 2 saturated carbocycles. The number of fused-ring (bicyclic) bond motifs is 3. The van der Waals surface area contributed by atoms with Crippen molar-refractivity contribution in [2.75, 3.05) is 0 Å². The summed E-state index contributed by atoms with van der Waals surface area (Å²) in [7, 11) is 0. The summed E-state index contributed by atoms with van der Waals surface area (Å²) in [4.78, 5) is 0. The molecule has 123 valence electrons.